The smallest absolute Gasteiger partial charge is 0.305 e. The van der Waals surface area contributed by atoms with Gasteiger partial charge in [-0.1, -0.05) is 217 Å². The zero-order valence-electron chi connectivity index (χ0n) is 37.8. The van der Waals surface area contributed by atoms with E-state index in [1.54, 1.807) is 6.08 Å². The third kappa shape index (κ3) is 43.5. The molecule has 0 aliphatic rings. The fraction of sp³-hybridized carbons (Fsp3) is 0.843. The molecule has 0 bridgehead atoms. The second-order valence-corrected chi connectivity index (χ2v) is 16.8. The molecule has 0 saturated carbocycles. The summed E-state index contributed by atoms with van der Waals surface area (Å²) in [6.45, 7) is 4.81. The number of hydrogen-bond donors (Lipinski definition) is 3. The number of aliphatic hydroxyl groups excluding tert-OH is 2. The quantitative estimate of drug-likeness (QED) is 0.0324. The van der Waals surface area contributed by atoms with Crippen molar-refractivity contribution in [3.8, 4) is 0 Å². The third-order valence-electron chi connectivity index (χ3n) is 11.2. The van der Waals surface area contributed by atoms with Crippen LogP contribution >= 0.6 is 0 Å². The van der Waals surface area contributed by atoms with Gasteiger partial charge in [-0.05, 0) is 57.8 Å². The maximum atomic E-state index is 12.4. The van der Waals surface area contributed by atoms with Crippen LogP contribution in [0.1, 0.15) is 251 Å². The monoisotopic (exact) mass is 802 g/mol. The Labute approximate surface area is 353 Å². The van der Waals surface area contributed by atoms with Crippen molar-refractivity contribution in [3.63, 3.8) is 0 Å². The SMILES string of the molecule is CCCC/C=C\C/C=C\CCCCCCCC(=O)OCCCCCCCCCCCCCCC(=O)NC(CO)C(O)/C=C/CCCCCCCCCCCCCC. The lowest BCUT2D eigenvalue weighted by Crippen LogP contribution is -2.45. The van der Waals surface area contributed by atoms with E-state index in [1.165, 1.54) is 154 Å². The average Bonchev–Trinajstić information content (AvgIpc) is 3.21. The number of esters is 1. The van der Waals surface area contributed by atoms with Crippen LogP contribution < -0.4 is 5.32 Å². The highest BCUT2D eigenvalue weighted by atomic mass is 16.5. The molecule has 0 aromatic rings. The van der Waals surface area contributed by atoms with Gasteiger partial charge in [-0.25, -0.2) is 0 Å². The Bertz CT molecular complexity index is 931. The van der Waals surface area contributed by atoms with Crippen LogP contribution in [0.4, 0.5) is 0 Å². The molecule has 1 amide bonds. The molecule has 0 heterocycles. The summed E-state index contributed by atoms with van der Waals surface area (Å²) in [5.74, 6) is -0.111. The summed E-state index contributed by atoms with van der Waals surface area (Å²) in [4.78, 5) is 24.4. The van der Waals surface area contributed by atoms with Crippen LogP contribution in [0.5, 0.6) is 0 Å². The van der Waals surface area contributed by atoms with E-state index in [-0.39, 0.29) is 18.5 Å². The number of amides is 1. The van der Waals surface area contributed by atoms with Crippen LogP contribution in [-0.4, -0.2) is 47.4 Å². The molecule has 0 fully saturated rings. The number of carbonyl (C=O) groups excluding carboxylic acids is 2. The molecule has 0 radical (unpaired) electrons. The Balaban J connectivity index is 3.51. The van der Waals surface area contributed by atoms with Crippen molar-refractivity contribution < 1.29 is 24.5 Å². The van der Waals surface area contributed by atoms with Gasteiger partial charge in [-0.15, -0.1) is 0 Å². The van der Waals surface area contributed by atoms with E-state index in [1.807, 2.05) is 6.08 Å². The third-order valence-corrected chi connectivity index (χ3v) is 11.2. The van der Waals surface area contributed by atoms with Gasteiger partial charge in [-0.3, -0.25) is 9.59 Å². The minimum Gasteiger partial charge on any atom is -0.466 e. The molecule has 0 aliphatic heterocycles. The summed E-state index contributed by atoms with van der Waals surface area (Å²) >= 11 is 0. The van der Waals surface area contributed by atoms with Crippen LogP contribution in [0.15, 0.2) is 36.5 Å². The van der Waals surface area contributed by atoms with E-state index in [0.29, 0.717) is 19.4 Å². The molecule has 57 heavy (non-hydrogen) atoms. The van der Waals surface area contributed by atoms with Crippen molar-refractivity contribution in [2.45, 2.75) is 264 Å². The van der Waals surface area contributed by atoms with Gasteiger partial charge in [0.15, 0.2) is 0 Å². The summed E-state index contributed by atoms with van der Waals surface area (Å²) < 4.78 is 5.44. The van der Waals surface area contributed by atoms with Gasteiger partial charge in [0.25, 0.3) is 0 Å². The Morgan fingerprint density at radius 3 is 1.39 bits per heavy atom. The average molecular weight is 802 g/mol. The summed E-state index contributed by atoms with van der Waals surface area (Å²) in [6.07, 6.45) is 55.6. The van der Waals surface area contributed by atoms with Crippen molar-refractivity contribution in [1.82, 2.24) is 5.32 Å². The molecule has 0 aromatic carbocycles. The highest BCUT2D eigenvalue weighted by molar-refractivity contribution is 5.76. The van der Waals surface area contributed by atoms with Gasteiger partial charge in [0, 0.05) is 12.8 Å². The standard InChI is InChI=1S/C51H95NO5/c1-3-5-7-9-11-13-15-17-19-23-27-31-35-39-43-49(54)48(47-53)52-50(55)44-40-36-32-28-24-21-22-26-30-34-38-42-46-57-51(56)45-41-37-33-29-25-20-18-16-14-12-10-8-6-4-2/h10,12,16,18,39,43,48-49,53-54H,3-9,11,13-15,17,19-38,40-42,44-47H2,1-2H3,(H,52,55)/b12-10-,18-16-,43-39+. The largest absolute Gasteiger partial charge is 0.466 e. The fourth-order valence-electron chi connectivity index (χ4n) is 7.30. The lowest BCUT2D eigenvalue weighted by Gasteiger charge is -2.20. The van der Waals surface area contributed by atoms with Gasteiger partial charge in [-0.2, -0.15) is 0 Å². The molecule has 334 valence electrons. The Morgan fingerprint density at radius 2 is 0.895 bits per heavy atom. The van der Waals surface area contributed by atoms with Crippen molar-refractivity contribution in [3.05, 3.63) is 36.5 Å². The van der Waals surface area contributed by atoms with Gasteiger partial charge >= 0.3 is 5.97 Å². The maximum Gasteiger partial charge on any atom is 0.305 e. The van der Waals surface area contributed by atoms with Gasteiger partial charge in [0.2, 0.25) is 5.91 Å². The number of ether oxygens (including phenoxy) is 1. The summed E-state index contributed by atoms with van der Waals surface area (Å²) in [6, 6.07) is -0.640. The van der Waals surface area contributed by atoms with Crippen molar-refractivity contribution >= 4 is 11.9 Å². The summed E-state index contributed by atoms with van der Waals surface area (Å²) in [5.41, 5.74) is 0. The zero-order valence-corrected chi connectivity index (χ0v) is 37.8. The van der Waals surface area contributed by atoms with Crippen LogP contribution in [-0.2, 0) is 14.3 Å². The lowest BCUT2D eigenvalue weighted by atomic mass is 10.0. The van der Waals surface area contributed by atoms with Gasteiger partial charge in [0.1, 0.15) is 0 Å². The zero-order chi connectivity index (χ0) is 41.5. The number of rotatable bonds is 45. The highest BCUT2D eigenvalue weighted by Crippen LogP contribution is 2.15. The molecule has 6 heteroatoms. The van der Waals surface area contributed by atoms with Crippen molar-refractivity contribution in [2.24, 2.45) is 0 Å². The first-order valence-electron chi connectivity index (χ1n) is 24.8. The Hall–Kier alpha value is -1.92. The topological polar surface area (TPSA) is 95.9 Å². The van der Waals surface area contributed by atoms with Crippen LogP contribution in [0.3, 0.4) is 0 Å². The van der Waals surface area contributed by atoms with Crippen molar-refractivity contribution in [1.29, 1.82) is 0 Å². The second kappa shape index (κ2) is 46.8. The molecule has 0 rings (SSSR count). The maximum absolute atomic E-state index is 12.4. The van der Waals surface area contributed by atoms with E-state index < -0.39 is 12.1 Å². The fourth-order valence-corrected chi connectivity index (χ4v) is 7.30. The molecule has 0 aliphatic carbocycles. The van der Waals surface area contributed by atoms with E-state index in [2.05, 4.69) is 43.5 Å². The van der Waals surface area contributed by atoms with E-state index in [0.717, 1.165) is 70.6 Å². The molecule has 0 saturated heterocycles. The first kappa shape index (κ1) is 55.1. The number of unbranched alkanes of at least 4 members (excludes halogenated alkanes) is 30. The predicted molar refractivity (Wildman–Crippen MR) is 246 cm³/mol. The summed E-state index contributed by atoms with van der Waals surface area (Å²) in [7, 11) is 0. The Kier molecular flexibility index (Phi) is 45.2. The molecule has 2 unspecified atom stereocenters. The number of hydrogen-bond acceptors (Lipinski definition) is 5. The first-order valence-corrected chi connectivity index (χ1v) is 24.8. The lowest BCUT2D eigenvalue weighted by molar-refractivity contribution is -0.143. The van der Waals surface area contributed by atoms with E-state index >= 15 is 0 Å². The molecule has 0 aromatic heterocycles. The highest BCUT2D eigenvalue weighted by Gasteiger charge is 2.18. The van der Waals surface area contributed by atoms with Crippen LogP contribution in [0, 0.1) is 0 Å². The molecular weight excluding hydrogens is 707 g/mol. The van der Waals surface area contributed by atoms with Gasteiger partial charge in [0.05, 0.1) is 25.4 Å². The van der Waals surface area contributed by atoms with Gasteiger partial charge < -0.3 is 20.3 Å². The van der Waals surface area contributed by atoms with E-state index in [9.17, 15) is 19.8 Å². The molecule has 6 nitrogen and oxygen atoms in total. The van der Waals surface area contributed by atoms with Crippen molar-refractivity contribution in [2.75, 3.05) is 13.2 Å². The number of allylic oxidation sites excluding steroid dienone is 5. The number of aliphatic hydroxyl groups is 2. The number of nitrogens with one attached hydrogen (secondary N) is 1. The normalized spacial score (nSPS) is 13.0. The molecule has 2 atom stereocenters. The summed E-state index contributed by atoms with van der Waals surface area (Å²) in [5, 5.41) is 23.0. The van der Waals surface area contributed by atoms with Crippen LogP contribution in [0.25, 0.3) is 0 Å². The number of carbonyl (C=O) groups is 2. The Morgan fingerprint density at radius 1 is 0.491 bits per heavy atom. The molecule has 3 N–H and O–H groups in total. The molecule has 0 spiro atoms. The predicted octanol–water partition coefficient (Wildman–Crippen LogP) is 14.5. The second-order valence-electron chi connectivity index (χ2n) is 16.8. The first-order chi connectivity index (χ1) is 28.0. The minimum atomic E-state index is -0.855. The minimum absolute atomic E-state index is 0.0261. The van der Waals surface area contributed by atoms with Crippen LogP contribution in [0.2, 0.25) is 0 Å². The molecular formula is C51H95NO5. The van der Waals surface area contributed by atoms with E-state index in [4.69, 9.17) is 4.74 Å².